The zero-order valence-corrected chi connectivity index (χ0v) is 8.35. The molecule has 74 valence electrons. The van der Waals surface area contributed by atoms with Crippen molar-refractivity contribution in [3.05, 3.63) is 10.7 Å². The molecule has 0 aromatic carbocycles. The van der Waals surface area contributed by atoms with Crippen LogP contribution in [0.1, 0.15) is 6.92 Å². The number of hydrogen-bond acceptors (Lipinski definition) is 5. The van der Waals surface area contributed by atoms with Gasteiger partial charge in [0.15, 0.2) is 0 Å². The Morgan fingerprint density at radius 2 is 2.23 bits per heavy atom. The van der Waals surface area contributed by atoms with Gasteiger partial charge in [-0.3, -0.25) is 4.79 Å². The summed E-state index contributed by atoms with van der Waals surface area (Å²) >= 11 is 3.89. The number of hydrogen-bond donors (Lipinski definition) is 3. The Morgan fingerprint density at radius 3 is 2.62 bits per heavy atom. The van der Waals surface area contributed by atoms with Crippen LogP contribution in [0.3, 0.4) is 0 Å². The van der Waals surface area contributed by atoms with Crippen LogP contribution < -0.4 is 10.6 Å². The third-order valence-corrected chi connectivity index (χ3v) is 1.57. The van der Waals surface area contributed by atoms with Crippen molar-refractivity contribution in [1.29, 1.82) is 0 Å². The van der Waals surface area contributed by atoms with Gasteiger partial charge in [-0.2, -0.15) is 0 Å². The molecule has 0 atom stereocenters. The molecule has 0 rings (SSSR count). The third-order valence-electron chi connectivity index (χ3n) is 1.16. The first-order valence-electron chi connectivity index (χ1n) is 3.65. The zero-order chi connectivity index (χ0) is 10.3. The molecule has 0 spiro atoms. The van der Waals surface area contributed by atoms with E-state index >= 15 is 0 Å². The van der Waals surface area contributed by atoms with Gasteiger partial charge in [0.2, 0.25) is 6.41 Å². The van der Waals surface area contributed by atoms with Crippen LogP contribution in [0.5, 0.6) is 0 Å². The topological polar surface area (TPSA) is 67.4 Å². The number of thiol groups is 1. The molecule has 0 aromatic heterocycles. The number of amides is 1. The van der Waals surface area contributed by atoms with Crippen LogP contribution in [-0.4, -0.2) is 26.0 Å². The molecule has 0 aliphatic heterocycles. The predicted octanol–water partition coefficient (Wildman–Crippen LogP) is -0.386. The van der Waals surface area contributed by atoms with E-state index in [1.807, 2.05) is 0 Å². The second-order valence-corrected chi connectivity index (χ2v) is 2.40. The van der Waals surface area contributed by atoms with E-state index in [4.69, 9.17) is 0 Å². The van der Waals surface area contributed by atoms with E-state index < -0.39 is 5.97 Å². The molecule has 5 nitrogen and oxygen atoms in total. The van der Waals surface area contributed by atoms with Gasteiger partial charge >= 0.3 is 5.97 Å². The summed E-state index contributed by atoms with van der Waals surface area (Å²) in [6, 6.07) is 0. The van der Waals surface area contributed by atoms with Crippen LogP contribution in [0.2, 0.25) is 0 Å². The summed E-state index contributed by atoms with van der Waals surface area (Å²) in [7, 11) is 1.56. The highest BCUT2D eigenvalue weighted by atomic mass is 32.1. The highest BCUT2D eigenvalue weighted by molar-refractivity contribution is 7.85. The lowest BCUT2D eigenvalue weighted by Gasteiger charge is -2.08. The average molecular weight is 204 g/mol. The van der Waals surface area contributed by atoms with Crippen molar-refractivity contribution in [2.75, 3.05) is 13.7 Å². The molecule has 0 aliphatic carbocycles. The van der Waals surface area contributed by atoms with Crippen molar-refractivity contribution in [3.8, 4) is 0 Å². The Hall–Kier alpha value is -1.17. The quantitative estimate of drug-likeness (QED) is 0.247. The Kier molecular flexibility index (Phi) is 5.79. The summed E-state index contributed by atoms with van der Waals surface area (Å²) in [4.78, 5) is 21.2. The van der Waals surface area contributed by atoms with E-state index in [0.717, 1.165) is 0 Å². The fourth-order valence-corrected chi connectivity index (χ4v) is 0.860. The van der Waals surface area contributed by atoms with Gasteiger partial charge in [0.1, 0.15) is 10.7 Å². The lowest BCUT2D eigenvalue weighted by atomic mass is 10.5. The second-order valence-electron chi connectivity index (χ2n) is 1.96. The van der Waals surface area contributed by atoms with Gasteiger partial charge in [-0.1, -0.05) is 0 Å². The Bertz CT molecular complexity index is 228. The number of carbonyl (C=O) groups is 2. The zero-order valence-electron chi connectivity index (χ0n) is 7.46. The molecule has 1 amide bonds. The largest absolute Gasteiger partial charge is 0.462 e. The maximum absolute atomic E-state index is 11.1. The monoisotopic (exact) mass is 204 g/mol. The predicted molar refractivity (Wildman–Crippen MR) is 50.9 cm³/mol. The van der Waals surface area contributed by atoms with Crippen LogP contribution in [0.25, 0.3) is 0 Å². The van der Waals surface area contributed by atoms with Gasteiger partial charge in [0.05, 0.1) is 6.61 Å². The van der Waals surface area contributed by atoms with Gasteiger partial charge in [0.25, 0.3) is 0 Å². The third kappa shape index (κ3) is 3.84. The van der Waals surface area contributed by atoms with Gasteiger partial charge in [-0.15, -0.1) is 12.6 Å². The van der Waals surface area contributed by atoms with Crippen molar-refractivity contribution in [2.24, 2.45) is 0 Å². The van der Waals surface area contributed by atoms with Crippen molar-refractivity contribution < 1.29 is 14.3 Å². The Labute approximate surface area is 81.9 Å². The van der Waals surface area contributed by atoms with Gasteiger partial charge in [-0.25, -0.2) is 4.79 Å². The first-order chi connectivity index (χ1) is 6.17. The SMILES string of the molecule is CCOC(=O)/C(S)=C(/NC)NC=O. The number of rotatable bonds is 5. The van der Waals surface area contributed by atoms with Crippen molar-refractivity contribution >= 4 is 25.0 Å². The maximum atomic E-state index is 11.1. The van der Waals surface area contributed by atoms with Gasteiger partial charge in [0, 0.05) is 7.05 Å². The summed E-state index contributed by atoms with van der Waals surface area (Å²) in [5, 5.41) is 4.88. The number of nitrogens with one attached hydrogen (secondary N) is 2. The normalized spacial score (nSPS) is 11.3. The first-order valence-corrected chi connectivity index (χ1v) is 4.10. The summed E-state index contributed by atoms with van der Waals surface area (Å²) in [5.74, 6) is -0.360. The van der Waals surface area contributed by atoms with E-state index in [9.17, 15) is 9.59 Å². The standard InChI is InChI=1S/C7H12N2O3S/c1-3-12-7(11)5(13)6(8-2)9-4-10/h4,8,13H,3H2,1-2H3,(H,9,10)/b6-5+. The molecule has 2 N–H and O–H groups in total. The molecule has 0 saturated carbocycles. The minimum Gasteiger partial charge on any atom is -0.462 e. The highest BCUT2D eigenvalue weighted by Crippen LogP contribution is 2.05. The molecule has 0 heterocycles. The molecule has 0 aromatic rings. The van der Waals surface area contributed by atoms with Gasteiger partial charge in [-0.05, 0) is 6.92 Å². The van der Waals surface area contributed by atoms with Crippen molar-refractivity contribution in [1.82, 2.24) is 10.6 Å². The molecule has 0 fully saturated rings. The minimum atomic E-state index is -0.579. The van der Waals surface area contributed by atoms with E-state index in [0.29, 0.717) is 6.41 Å². The van der Waals surface area contributed by atoms with E-state index in [1.165, 1.54) is 0 Å². The van der Waals surface area contributed by atoms with Crippen molar-refractivity contribution in [3.63, 3.8) is 0 Å². The first kappa shape index (κ1) is 11.8. The Balaban J connectivity index is 4.52. The highest BCUT2D eigenvalue weighted by Gasteiger charge is 2.11. The molecular formula is C7H12N2O3S. The molecule has 0 radical (unpaired) electrons. The second kappa shape index (κ2) is 6.36. The molecule has 0 saturated heterocycles. The average Bonchev–Trinajstić information content (AvgIpc) is 2.13. The molecule has 0 aliphatic rings. The minimum absolute atomic E-state index is 0.0384. The summed E-state index contributed by atoms with van der Waals surface area (Å²) in [6.07, 6.45) is 0.446. The van der Waals surface area contributed by atoms with Crippen LogP contribution in [0.15, 0.2) is 10.7 Å². The number of carbonyl (C=O) groups excluding carboxylic acids is 2. The maximum Gasteiger partial charge on any atom is 0.348 e. The molecule has 13 heavy (non-hydrogen) atoms. The van der Waals surface area contributed by atoms with E-state index in [2.05, 4.69) is 28.0 Å². The van der Waals surface area contributed by atoms with E-state index in [-0.39, 0.29) is 17.3 Å². The number of ether oxygens (including phenoxy) is 1. The fraction of sp³-hybridized carbons (Fsp3) is 0.429. The fourth-order valence-electron chi connectivity index (χ4n) is 0.619. The lowest BCUT2D eigenvalue weighted by Crippen LogP contribution is -2.25. The smallest absolute Gasteiger partial charge is 0.348 e. The van der Waals surface area contributed by atoms with Crippen LogP contribution in [0, 0.1) is 0 Å². The van der Waals surface area contributed by atoms with Crippen molar-refractivity contribution in [2.45, 2.75) is 6.92 Å². The van der Waals surface area contributed by atoms with Crippen LogP contribution in [0.4, 0.5) is 0 Å². The lowest BCUT2D eigenvalue weighted by molar-refractivity contribution is -0.137. The summed E-state index contributed by atoms with van der Waals surface area (Å²) < 4.78 is 4.66. The molecule has 0 bridgehead atoms. The summed E-state index contributed by atoms with van der Waals surface area (Å²) in [5.41, 5.74) is 0. The number of esters is 1. The Morgan fingerprint density at radius 1 is 1.62 bits per heavy atom. The molecular weight excluding hydrogens is 192 g/mol. The molecule has 6 heteroatoms. The molecule has 0 unspecified atom stereocenters. The summed E-state index contributed by atoms with van der Waals surface area (Å²) in [6.45, 7) is 1.95. The van der Waals surface area contributed by atoms with Crippen LogP contribution >= 0.6 is 12.6 Å². The van der Waals surface area contributed by atoms with E-state index in [1.54, 1.807) is 14.0 Å². The van der Waals surface area contributed by atoms with Gasteiger partial charge < -0.3 is 15.4 Å². The van der Waals surface area contributed by atoms with Crippen LogP contribution in [-0.2, 0) is 14.3 Å².